The second kappa shape index (κ2) is 13.9. The molecule has 0 saturated carbocycles. The zero-order chi connectivity index (χ0) is 29.5. The maximum absolute atomic E-state index is 12.8. The van der Waals surface area contributed by atoms with Gasteiger partial charge in [-0.25, -0.2) is 4.98 Å². The molecule has 0 spiro atoms. The molecule has 0 bridgehead atoms. The SMILES string of the molecule is COc1cc(C(=O)/C=C/C(=O)N2CCOC(CN3CCN(C)CC3)C2)ccc1OCC(=O)Nc1nc2ccccc2s1. The van der Waals surface area contributed by atoms with E-state index in [0.29, 0.717) is 41.9 Å². The van der Waals surface area contributed by atoms with Crippen LogP contribution in [0.5, 0.6) is 11.5 Å². The van der Waals surface area contributed by atoms with Gasteiger partial charge in [0.25, 0.3) is 5.91 Å². The Morgan fingerprint density at radius 2 is 1.88 bits per heavy atom. The minimum Gasteiger partial charge on any atom is -0.493 e. The van der Waals surface area contributed by atoms with Gasteiger partial charge in [0, 0.05) is 57.5 Å². The number of ether oxygens (including phenoxy) is 3. The molecule has 2 aromatic carbocycles. The number of hydrogen-bond donors (Lipinski definition) is 1. The summed E-state index contributed by atoms with van der Waals surface area (Å²) in [6.07, 6.45) is 2.54. The highest BCUT2D eigenvalue weighted by Gasteiger charge is 2.26. The van der Waals surface area contributed by atoms with Crippen LogP contribution in [0.1, 0.15) is 10.4 Å². The van der Waals surface area contributed by atoms with Crippen molar-refractivity contribution in [1.82, 2.24) is 19.7 Å². The summed E-state index contributed by atoms with van der Waals surface area (Å²) in [5, 5.41) is 3.23. The number of fused-ring (bicyclic) bond motifs is 1. The van der Waals surface area contributed by atoms with E-state index in [-0.39, 0.29) is 30.3 Å². The van der Waals surface area contributed by atoms with E-state index >= 15 is 0 Å². The number of likely N-dealkylation sites (N-methyl/N-ethyl adjacent to an activating group) is 1. The van der Waals surface area contributed by atoms with E-state index in [1.807, 2.05) is 24.3 Å². The van der Waals surface area contributed by atoms with Crippen LogP contribution < -0.4 is 14.8 Å². The summed E-state index contributed by atoms with van der Waals surface area (Å²) in [6, 6.07) is 12.3. The third-order valence-electron chi connectivity index (χ3n) is 7.23. The van der Waals surface area contributed by atoms with Gasteiger partial charge < -0.3 is 24.0 Å². The number of thiazole rings is 1. The molecule has 12 heteroatoms. The zero-order valence-corrected chi connectivity index (χ0v) is 24.6. The van der Waals surface area contributed by atoms with Crippen molar-refractivity contribution in [2.75, 3.05) is 78.5 Å². The van der Waals surface area contributed by atoms with Crippen molar-refractivity contribution in [1.29, 1.82) is 0 Å². The molecule has 0 aliphatic carbocycles. The van der Waals surface area contributed by atoms with Crippen LogP contribution >= 0.6 is 11.3 Å². The summed E-state index contributed by atoms with van der Waals surface area (Å²) in [5.41, 5.74) is 1.14. The van der Waals surface area contributed by atoms with Crippen LogP contribution in [0.25, 0.3) is 10.2 Å². The summed E-state index contributed by atoms with van der Waals surface area (Å²) in [6.45, 7) is 6.02. The van der Waals surface area contributed by atoms with E-state index in [1.54, 1.807) is 17.0 Å². The first-order valence-electron chi connectivity index (χ1n) is 13.9. The number of allylic oxidation sites excluding steroid dienone is 1. The lowest BCUT2D eigenvalue weighted by Crippen LogP contribution is -2.52. The predicted octanol–water partition coefficient (Wildman–Crippen LogP) is 2.54. The number of nitrogens with one attached hydrogen (secondary N) is 1. The molecule has 2 amide bonds. The summed E-state index contributed by atoms with van der Waals surface area (Å²) >= 11 is 1.38. The van der Waals surface area contributed by atoms with Gasteiger partial charge in [-0.05, 0) is 43.5 Å². The minimum atomic E-state index is -0.369. The Kier molecular flexibility index (Phi) is 9.80. The first-order chi connectivity index (χ1) is 20.4. The molecule has 1 N–H and O–H groups in total. The van der Waals surface area contributed by atoms with Crippen LogP contribution in [0.3, 0.4) is 0 Å². The van der Waals surface area contributed by atoms with Gasteiger partial charge in [-0.3, -0.25) is 24.6 Å². The number of carbonyl (C=O) groups is 3. The average molecular weight is 594 g/mol. The summed E-state index contributed by atoms with van der Waals surface area (Å²) in [5.74, 6) is -0.321. The quantitative estimate of drug-likeness (QED) is 0.280. The van der Waals surface area contributed by atoms with Crippen LogP contribution in [0.2, 0.25) is 0 Å². The Morgan fingerprint density at radius 1 is 1.07 bits per heavy atom. The van der Waals surface area contributed by atoms with Gasteiger partial charge in [0.05, 0.1) is 30.0 Å². The fraction of sp³-hybridized carbons (Fsp3) is 0.400. The fourth-order valence-electron chi connectivity index (χ4n) is 4.86. The maximum atomic E-state index is 12.8. The number of anilines is 1. The number of carbonyl (C=O) groups excluding carboxylic acids is 3. The number of amides is 2. The Bertz CT molecular complexity index is 1420. The van der Waals surface area contributed by atoms with E-state index < -0.39 is 0 Å². The van der Waals surface area contributed by atoms with Gasteiger partial charge in [0.1, 0.15) is 0 Å². The Labute approximate surface area is 248 Å². The molecule has 1 unspecified atom stereocenters. The molecule has 11 nitrogen and oxygen atoms in total. The minimum absolute atomic E-state index is 0.0460. The highest BCUT2D eigenvalue weighted by atomic mass is 32.1. The smallest absolute Gasteiger partial charge is 0.264 e. The van der Waals surface area contributed by atoms with Crippen molar-refractivity contribution in [3.05, 3.63) is 60.2 Å². The molecular formula is C30H35N5O6S. The van der Waals surface area contributed by atoms with E-state index in [0.717, 1.165) is 42.9 Å². The van der Waals surface area contributed by atoms with E-state index in [2.05, 4.69) is 27.1 Å². The molecule has 1 atom stereocenters. The molecule has 2 aliphatic heterocycles. The maximum Gasteiger partial charge on any atom is 0.264 e. The Balaban J connectivity index is 1.12. The van der Waals surface area contributed by atoms with Gasteiger partial charge >= 0.3 is 0 Å². The first kappa shape index (κ1) is 29.6. The highest BCUT2D eigenvalue weighted by Crippen LogP contribution is 2.29. The van der Waals surface area contributed by atoms with Crippen LogP contribution in [0.4, 0.5) is 5.13 Å². The number of nitrogens with zero attached hydrogens (tertiary/aromatic N) is 4. The lowest BCUT2D eigenvalue weighted by molar-refractivity contribution is -0.134. The molecule has 3 heterocycles. The van der Waals surface area contributed by atoms with Gasteiger partial charge in [-0.1, -0.05) is 23.5 Å². The number of rotatable bonds is 10. The lowest BCUT2D eigenvalue weighted by Gasteiger charge is -2.38. The lowest BCUT2D eigenvalue weighted by atomic mass is 10.1. The van der Waals surface area contributed by atoms with Crippen molar-refractivity contribution in [2.45, 2.75) is 6.10 Å². The van der Waals surface area contributed by atoms with Gasteiger partial charge in [0.2, 0.25) is 5.91 Å². The molecule has 222 valence electrons. The highest BCUT2D eigenvalue weighted by molar-refractivity contribution is 7.22. The summed E-state index contributed by atoms with van der Waals surface area (Å²) in [7, 11) is 3.57. The van der Waals surface area contributed by atoms with Crippen molar-refractivity contribution >= 4 is 44.3 Å². The predicted molar refractivity (Wildman–Crippen MR) is 160 cm³/mol. The molecule has 3 aromatic rings. The second-order valence-electron chi connectivity index (χ2n) is 10.3. The number of hydrogen-bond acceptors (Lipinski definition) is 10. The molecule has 42 heavy (non-hydrogen) atoms. The van der Waals surface area contributed by atoms with Crippen molar-refractivity contribution in [3.8, 4) is 11.5 Å². The van der Waals surface area contributed by atoms with Gasteiger partial charge in [-0.2, -0.15) is 0 Å². The number of piperazine rings is 1. The normalized spacial score (nSPS) is 18.3. The molecule has 2 fully saturated rings. The standard InChI is InChI=1S/C30H35N5O6S/c1-33-11-13-34(14-12-33)18-22-19-35(15-16-40-22)29(38)10-8-24(36)21-7-9-25(26(17-21)39-2)41-20-28(37)32-30-31-23-5-3-4-6-27(23)42-30/h3-10,17,22H,11-16,18-20H2,1-2H3,(H,31,32,37)/b10-8+. The first-order valence-corrected chi connectivity index (χ1v) is 14.7. The number of ketones is 1. The molecule has 2 aliphatic rings. The monoisotopic (exact) mass is 593 g/mol. The number of benzene rings is 2. The number of aromatic nitrogens is 1. The van der Waals surface area contributed by atoms with Crippen molar-refractivity contribution in [3.63, 3.8) is 0 Å². The van der Waals surface area contributed by atoms with Crippen LogP contribution in [0, 0.1) is 0 Å². The fourth-order valence-corrected chi connectivity index (χ4v) is 5.74. The van der Waals surface area contributed by atoms with E-state index in [4.69, 9.17) is 14.2 Å². The molecule has 0 radical (unpaired) electrons. The van der Waals surface area contributed by atoms with Crippen LogP contribution in [-0.4, -0.2) is 117 Å². The third-order valence-corrected chi connectivity index (χ3v) is 8.18. The van der Waals surface area contributed by atoms with Crippen LogP contribution in [-0.2, 0) is 14.3 Å². The number of methoxy groups -OCH3 is 1. The largest absolute Gasteiger partial charge is 0.493 e. The van der Waals surface area contributed by atoms with Crippen molar-refractivity contribution < 1.29 is 28.6 Å². The molecular weight excluding hydrogens is 558 g/mol. The number of para-hydroxylation sites is 1. The summed E-state index contributed by atoms with van der Waals surface area (Å²) in [4.78, 5) is 48.9. The van der Waals surface area contributed by atoms with E-state index in [9.17, 15) is 14.4 Å². The third kappa shape index (κ3) is 7.71. The van der Waals surface area contributed by atoms with Crippen molar-refractivity contribution in [2.24, 2.45) is 0 Å². The Hall–Kier alpha value is -3.84. The van der Waals surface area contributed by atoms with Gasteiger partial charge in [0.15, 0.2) is 29.0 Å². The van der Waals surface area contributed by atoms with Crippen LogP contribution in [0.15, 0.2) is 54.6 Å². The molecule has 5 rings (SSSR count). The molecule has 2 saturated heterocycles. The topological polar surface area (TPSA) is 114 Å². The number of morpholine rings is 1. The van der Waals surface area contributed by atoms with E-state index in [1.165, 1.54) is 36.7 Å². The Morgan fingerprint density at radius 3 is 2.67 bits per heavy atom. The second-order valence-corrected chi connectivity index (χ2v) is 11.3. The average Bonchev–Trinajstić information content (AvgIpc) is 3.42. The zero-order valence-electron chi connectivity index (χ0n) is 23.8. The van der Waals surface area contributed by atoms with Gasteiger partial charge in [-0.15, -0.1) is 0 Å². The summed E-state index contributed by atoms with van der Waals surface area (Å²) < 4.78 is 17.9. The molecule has 1 aromatic heterocycles.